The lowest BCUT2D eigenvalue weighted by molar-refractivity contribution is -0.384. The molecule has 0 aliphatic heterocycles. The highest BCUT2D eigenvalue weighted by Gasteiger charge is 2.16. The summed E-state index contributed by atoms with van der Waals surface area (Å²) in [5.74, 6) is -1.12. The average molecular weight is 274 g/mol. The van der Waals surface area contributed by atoms with Crippen LogP contribution in [0.1, 0.15) is 16.1 Å². The van der Waals surface area contributed by atoms with E-state index in [0.717, 1.165) is 0 Å². The van der Waals surface area contributed by atoms with Crippen LogP contribution < -0.4 is 5.73 Å². The predicted molar refractivity (Wildman–Crippen MR) is 70.2 cm³/mol. The number of aryl methyl sites for hydroxylation is 1. The number of benzene rings is 1. The van der Waals surface area contributed by atoms with Crippen molar-refractivity contribution in [3.63, 3.8) is 0 Å². The van der Waals surface area contributed by atoms with E-state index < -0.39 is 10.9 Å². The summed E-state index contributed by atoms with van der Waals surface area (Å²) < 4.78 is 0. The van der Waals surface area contributed by atoms with E-state index in [4.69, 9.17) is 10.8 Å². The van der Waals surface area contributed by atoms with E-state index in [1.165, 1.54) is 31.2 Å². The molecule has 1 heterocycles. The summed E-state index contributed by atoms with van der Waals surface area (Å²) in [5.41, 5.74) is 6.15. The molecule has 0 bridgehead atoms. The van der Waals surface area contributed by atoms with Crippen LogP contribution in [-0.4, -0.2) is 26.0 Å². The van der Waals surface area contributed by atoms with Crippen molar-refractivity contribution in [1.82, 2.24) is 9.97 Å². The second-order valence-electron chi connectivity index (χ2n) is 4.00. The Morgan fingerprint density at radius 2 is 1.90 bits per heavy atom. The summed E-state index contributed by atoms with van der Waals surface area (Å²) in [6.07, 6.45) is 0. The Morgan fingerprint density at radius 1 is 1.30 bits per heavy atom. The quantitative estimate of drug-likeness (QED) is 0.642. The summed E-state index contributed by atoms with van der Waals surface area (Å²) in [6, 6.07) is 5.59. The molecule has 8 heteroatoms. The zero-order valence-corrected chi connectivity index (χ0v) is 10.4. The Morgan fingerprint density at radius 3 is 2.35 bits per heavy atom. The number of hydrogen-bond donors (Lipinski definition) is 2. The van der Waals surface area contributed by atoms with E-state index in [-0.39, 0.29) is 28.6 Å². The van der Waals surface area contributed by atoms with Crippen LogP contribution in [0.3, 0.4) is 0 Å². The molecular formula is C12H10N4O4. The van der Waals surface area contributed by atoms with Crippen molar-refractivity contribution in [1.29, 1.82) is 0 Å². The Labute approximate surface area is 113 Å². The fraction of sp³-hybridized carbons (Fsp3) is 0.0833. The number of rotatable bonds is 3. The van der Waals surface area contributed by atoms with Gasteiger partial charge in [0.2, 0.25) is 0 Å². The van der Waals surface area contributed by atoms with Gasteiger partial charge in [-0.05, 0) is 19.1 Å². The number of carboxylic acid groups (broad SMARTS) is 1. The molecule has 0 aliphatic carbocycles. The van der Waals surface area contributed by atoms with Gasteiger partial charge in [-0.2, -0.15) is 0 Å². The third kappa shape index (κ3) is 2.39. The number of nitrogen functional groups attached to an aromatic ring is 1. The first-order valence-electron chi connectivity index (χ1n) is 5.52. The number of nitrogens with two attached hydrogens (primary N) is 1. The van der Waals surface area contributed by atoms with Crippen LogP contribution in [0.25, 0.3) is 11.4 Å². The molecule has 8 nitrogen and oxygen atoms in total. The minimum absolute atomic E-state index is 0.0550. The van der Waals surface area contributed by atoms with Crippen LogP contribution >= 0.6 is 0 Å². The molecule has 0 amide bonds. The fourth-order valence-electron chi connectivity index (χ4n) is 1.72. The Bertz CT molecular complexity index is 674. The second kappa shape index (κ2) is 4.92. The van der Waals surface area contributed by atoms with Crippen LogP contribution in [0.2, 0.25) is 0 Å². The highest BCUT2D eigenvalue weighted by Crippen LogP contribution is 2.22. The molecular weight excluding hydrogens is 264 g/mol. The summed E-state index contributed by atoms with van der Waals surface area (Å²) in [5, 5.41) is 19.5. The standard InChI is InChI=1S/C12H10N4O4/c1-6-9(12(17)18)10(13)15-11(14-6)7-2-4-8(5-3-7)16(19)20/h2-5H,1H3,(H,17,18)(H2,13,14,15). The maximum absolute atomic E-state index is 11.0. The molecule has 102 valence electrons. The summed E-state index contributed by atoms with van der Waals surface area (Å²) in [4.78, 5) is 29.0. The molecule has 1 aromatic carbocycles. The molecule has 3 N–H and O–H groups in total. The summed E-state index contributed by atoms with van der Waals surface area (Å²) in [6.45, 7) is 1.51. The van der Waals surface area contributed by atoms with Crippen molar-refractivity contribution < 1.29 is 14.8 Å². The van der Waals surface area contributed by atoms with Crippen LogP contribution in [0.5, 0.6) is 0 Å². The molecule has 20 heavy (non-hydrogen) atoms. The minimum atomic E-state index is -1.20. The van der Waals surface area contributed by atoms with E-state index in [1.54, 1.807) is 0 Å². The summed E-state index contributed by atoms with van der Waals surface area (Å²) >= 11 is 0. The van der Waals surface area contributed by atoms with Crippen LogP contribution in [0.15, 0.2) is 24.3 Å². The molecule has 0 spiro atoms. The SMILES string of the molecule is Cc1nc(-c2ccc([N+](=O)[O-])cc2)nc(N)c1C(=O)O. The summed E-state index contributed by atoms with van der Waals surface area (Å²) in [7, 11) is 0. The highest BCUT2D eigenvalue weighted by atomic mass is 16.6. The molecule has 0 aliphatic rings. The van der Waals surface area contributed by atoms with Crippen molar-refractivity contribution in [3.8, 4) is 11.4 Å². The van der Waals surface area contributed by atoms with Gasteiger partial charge >= 0.3 is 5.97 Å². The van der Waals surface area contributed by atoms with Gasteiger partial charge in [0.1, 0.15) is 11.4 Å². The molecule has 0 radical (unpaired) electrons. The first kappa shape index (κ1) is 13.4. The van der Waals surface area contributed by atoms with Gasteiger partial charge in [-0.25, -0.2) is 14.8 Å². The maximum Gasteiger partial charge on any atom is 0.341 e. The number of anilines is 1. The van der Waals surface area contributed by atoms with Gasteiger partial charge in [0.05, 0.1) is 10.6 Å². The van der Waals surface area contributed by atoms with Crippen molar-refractivity contribution >= 4 is 17.5 Å². The van der Waals surface area contributed by atoms with Gasteiger partial charge in [0, 0.05) is 17.7 Å². The topological polar surface area (TPSA) is 132 Å². The largest absolute Gasteiger partial charge is 0.477 e. The van der Waals surface area contributed by atoms with E-state index >= 15 is 0 Å². The minimum Gasteiger partial charge on any atom is -0.477 e. The zero-order valence-electron chi connectivity index (χ0n) is 10.4. The van der Waals surface area contributed by atoms with E-state index in [2.05, 4.69) is 9.97 Å². The number of carbonyl (C=O) groups is 1. The predicted octanol–water partition coefficient (Wildman–Crippen LogP) is 1.64. The third-order valence-electron chi connectivity index (χ3n) is 2.67. The Hall–Kier alpha value is -3.03. The highest BCUT2D eigenvalue weighted by molar-refractivity contribution is 5.94. The van der Waals surface area contributed by atoms with E-state index in [9.17, 15) is 14.9 Å². The number of nitro groups is 1. The van der Waals surface area contributed by atoms with Crippen molar-refractivity contribution in [2.75, 3.05) is 5.73 Å². The normalized spacial score (nSPS) is 10.2. The van der Waals surface area contributed by atoms with Gasteiger partial charge < -0.3 is 10.8 Å². The smallest absolute Gasteiger partial charge is 0.341 e. The number of carboxylic acids is 1. The van der Waals surface area contributed by atoms with Gasteiger partial charge in [-0.1, -0.05) is 0 Å². The lowest BCUT2D eigenvalue weighted by Gasteiger charge is -2.07. The van der Waals surface area contributed by atoms with Crippen molar-refractivity contribution in [2.24, 2.45) is 0 Å². The first-order chi connectivity index (χ1) is 9.40. The monoisotopic (exact) mass is 274 g/mol. The number of nitrogens with zero attached hydrogens (tertiary/aromatic N) is 3. The second-order valence-corrected chi connectivity index (χ2v) is 4.00. The van der Waals surface area contributed by atoms with E-state index in [0.29, 0.717) is 5.56 Å². The maximum atomic E-state index is 11.0. The van der Waals surface area contributed by atoms with Gasteiger partial charge in [0.25, 0.3) is 5.69 Å². The molecule has 0 saturated carbocycles. The van der Waals surface area contributed by atoms with Gasteiger partial charge in [-0.3, -0.25) is 10.1 Å². The molecule has 2 rings (SSSR count). The van der Waals surface area contributed by atoms with Gasteiger partial charge in [-0.15, -0.1) is 0 Å². The van der Waals surface area contributed by atoms with Crippen molar-refractivity contribution in [2.45, 2.75) is 6.92 Å². The van der Waals surface area contributed by atoms with Crippen molar-refractivity contribution in [3.05, 3.63) is 45.6 Å². The number of hydrogen-bond acceptors (Lipinski definition) is 6. The van der Waals surface area contributed by atoms with Crippen LogP contribution in [0, 0.1) is 17.0 Å². The molecule has 0 unspecified atom stereocenters. The lowest BCUT2D eigenvalue weighted by atomic mass is 10.1. The molecule has 2 aromatic rings. The zero-order chi connectivity index (χ0) is 14.9. The fourth-order valence-corrected chi connectivity index (χ4v) is 1.72. The van der Waals surface area contributed by atoms with Crippen LogP contribution in [-0.2, 0) is 0 Å². The first-order valence-corrected chi connectivity index (χ1v) is 5.52. The molecule has 1 aromatic heterocycles. The lowest BCUT2D eigenvalue weighted by Crippen LogP contribution is -2.10. The number of nitro benzene ring substituents is 1. The number of aromatic carboxylic acids is 1. The average Bonchev–Trinajstić information content (AvgIpc) is 2.37. The van der Waals surface area contributed by atoms with E-state index in [1.807, 2.05) is 0 Å². The van der Waals surface area contributed by atoms with Gasteiger partial charge in [0.15, 0.2) is 5.82 Å². The molecule has 0 atom stereocenters. The Kier molecular flexibility index (Phi) is 3.30. The Balaban J connectivity index is 2.48. The third-order valence-corrected chi connectivity index (χ3v) is 2.67. The van der Waals surface area contributed by atoms with Crippen LogP contribution in [0.4, 0.5) is 11.5 Å². The number of aromatic nitrogens is 2. The molecule has 0 fully saturated rings. The number of non-ortho nitro benzene ring substituents is 1. The molecule has 0 saturated heterocycles.